The van der Waals surface area contributed by atoms with E-state index in [9.17, 15) is 0 Å². The fourth-order valence-electron chi connectivity index (χ4n) is 2.93. The van der Waals surface area contributed by atoms with Gasteiger partial charge in [0.15, 0.2) is 0 Å². The second-order valence-corrected chi connectivity index (χ2v) is 8.61. The minimum absolute atomic E-state index is 1.12. The zero-order valence-electron chi connectivity index (χ0n) is 18.5. The van der Waals surface area contributed by atoms with Gasteiger partial charge in [-0.3, -0.25) is 0 Å². The molecule has 24 heavy (non-hydrogen) atoms. The lowest BCUT2D eigenvalue weighted by molar-refractivity contribution is -0.870. The van der Waals surface area contributed by atoms with Crippen molar-refractivity contribution in [2.24, 2.45) is 0 Å². The monoisotopic (exact) mass is 342 g/mol. The molecule has 0 radical (unpaired) electrons. The largest absolute Gasteiger partial charge is 0.331 e. The van der Waals surface area contributed by atoms with E-state index in [0.717, 1.165) is 4.48 Å². The first-order chi connectivity index (χ1) is 11.5. The Bertz CT molecular complexity index is 199. The van der Waals surface area contributed by atoms with E-state index in [2.05, 4.69) is 41.9 Å². The van der Waals surface area contributed by atoms with Gasteiger partial charge in [-0.05, 0) is 12.8 Å². The SMILES string of the molecule is CCCCCCCC.CCCCCCCCCCCC[N+](C)(C)C. The lowest BCUT2D eigenvalue weighted by atomic mass is 10.1. The average molecular weight is 343 g/mol. The van der Waals surface area contributed by atoms with Gasteiger partial charge in [-0.15, -0.1) is 0 Å². The predicted octanol–water partition coefficient (Wildman–Crippen LogP) is 7.98. The summed E-state index contributed by atoms with van der Waals surface area (Å²) in [6.45, 7) is 8.13. The lowest BCUT2D eigenvalue weighted by Crippen LogP contribution is -2.35. The first-order valence-electron chi connectivity index (χ1n) is 11.3. The maximum atomic E-state index is 2.29. The summed E-state index contributed by atoms with van der Waals surface area (Å²) in [5.41, 5.74) is 0. The van der Waals surface area contributed by atoms with Crippen molar-refractivity contribution < 1.29 is 4.48 Å². The molecular weight excluding hydrogens is 290 g/mol. The van der Waals surface area contributed by atoms with E-state index in [1.807, 2.05) is 0 Å². The summed E-state index contributed by atoms with van der Waals surface area (Å²) in [5, 5.41) is 0. The molecule has 0 rings (SSSR count). The van der Waals surface area contributed by atoms with Crippen LogP contribution in [0, 0.1) is 0 Å². The van der Waals surface area contributed by atoms with E-state index in [4.69, 9.17) is 0 Å². The Labute approximate surface area is 156 Å². The van der Waals surface area contributed by atoms with Crippen LogP contribution in [0.15, 0.2) is 0 Å². The molecule has 0 fully saturated rings. The van der Waals surface area contributed by atoms with Crippen molar-refractivity contribution in [1.29, 1.82) is 0 Å². The molecule has 0 bridgehead atoms. The van der Waals surface area contributed by atoms with Crippen LogP contribution < -0.4 is 0 Å². The van der Waals surface area contributed by atoms with Crippen LogP contribution in [0.25, 0.3) is 0 Å². The van der Waals surface area contributed by atoms with Gasteiger partial charge in [-0.2, -0.15) is 0 Å². The maximum absolute atomic E-state index is 2.29. The fourth-order valence-corrected chi connectivity index (χ4v) is 2.93. The smallest absolute Gasteiger partial charge is 0.0780 e. The van der Waals surface area contributed by atoms with Gasteiger partial charge < -0.3 is 4.48 Å². The fraction of sp³-hybridized carbons (Fsp3) is 1.00. The Balaban J connectivity index is 0. The Kier molecular flexibility index (Phi) is 22.9. The maximum Gasteiger partial charge on any atom is 0.0780 e. The normalized spacial score (nSPS) is 11.2. The van der Waals surface area contributed by atoms with Crippen molar-refractivity contribution in [3.63, 3.8) is 0 Å². The highest BCUT2D eigenvalue weighted by Crippen LogP contribution is 2.11. The number of unbranched alkanes of at least 4 members (excludes halogenated alkanes) is 14. The zero-order valence-corrected chi connectivity index (χ0v) is 18.5. The van der Waals surface area contributed by atoms with Gasteiger partial charge in [0.25, 0.3) is 0 Å². The van der Waals surface area contributed by atoms with Gasteiger partial charge in [0.1, 0.15) is 0 Å². The summed E-state index contributed by atoms with van der Waals surface area (Å²) in [7, 11) is 6.86. The molecule has 148 valence electrons. The summed E-state index contributed by atoms with van der Waals surface area (Å²) >= 11 is 0. The molecule has 0 saturated carbocycles. The van der Waals surface area contributed by atoms with Crippen LogP contribution in [0.4, 0.5) is 0 Å². The van der Waals surface area contributed by atoms with Crippen LogP contribution >= 0.6 is 0 Å². The number of hydrogen-bond acceptors (Lipinski definition) is 0. The number of quaternary nitrogens is 1. The summed E-state index contributed by atoms with van der Waals surface area (Å²) < 4.78 is 1.12. The zero-order chi connectivity index (χ0) is 18.5. The Morgan fingerprint density at radius 3 is 0.875 bits per heavy atom. The van der Waals surface area contributed by atoms with Gasteiger partial charge in [0, 0.05) is 0 Å². The third-order valence-corrected chi connectivity index (χ3v) is 4.64. The van der Waals surface area contributed by atoms with Gasteiger partial charge in [-0.1, -0.05) is 111 Å². The van der Waals surface area contributed by atoms with E-state index in [-0.39, 0.29) is 0 Å². The van der Waals surface area contributed by atoms with Gasteiger partial charge in [0.05, 0.1) is 27.7 Å². The third-order valence-electron chi connectivity index (χ3n) is 4.64. The molecule has 1 heteroatoms. The number of rotatable bonds is 16. The van der Waals surface area contributed by atoms with E-state index in [0.29, 0.717) is 0 Å². The Morgan fingerprint density at radius 2 is 0.625 bits per heavy atom. The third kappa shape index (κ3) is 29.9. The Hall–Kier alpha value is -0.0400. The molecule has 0 amide bonds. The van der Waals surface area contributed by atoms with E-state index >= 15 is 0 Å². The molecule has 0 saturated heterocycles. The molecule has 0 aromatic carbocycles. The Morgan fingerprint density at radius 1 is 0.375 bits per heavy atom. The topological polar surface area (TPSA) is 0 Å². The first kappa shape index (κ1) is 26.2. The second-order valence-electron chi connectivity index (χ2n) is 8.61. The summed E-state index contributed by atoms with van der Waals surface area (Å²) in [6, 6.07) is 0. The van der Waals surface area contributed by atoms with Crippen molar-refractivity contribution in [3.8, 4) is 0 Å². The van der Waals surface area contributed by atoms with Crippen molar-refractivity contribution in [1.82, 2.24) is 0 Å². The van der Waals surface area contributed by atoms with Crippen molar-refractivity contribution in [3.05, 3.63) is 0 Å². The average Bonchev–Trinajstić information content (AvgIpc) is 2.53. The summed E-state index contributed by atoms with van der Waals surface area (Å²) in [6.07, 6.45) is 22.9. The molecule has 0 aliphatic rings. The van der Waals surface area contributed by atoms with Crippen LogP contribution in [0.1, 0.15) is 124 Å². The van der Waals surface area contributed by atoms with Crippen LogP contribution in [-0.2, 0) is 0 Å². The number of nitrogens with zero attached hydrogens (tertiary/aromatic N) is 1. The van der Waals surface area contributed by atoms with Crippen LogP contribution in [0.2, 0.25) is 0 Å². The summed E-state index contributed by atoms with van der Waals surface area (Å²) in [4.78, 5) is 0. The molecule has 1 nitrogen and oxygen atoms in total. The quantitative estimate of drug-likeness (QED) is 0.197. The molecule has 0 spiro atoms. The standard InChI is InChI=1S/C15H34N.C8H18/c1-5-6-7-8-9-10-11-12-13-14-15-16(2,3)4;1-3-5-7-8-6-4-2/h5-15H2,1-4H3;3-8H2,1-2H3/q+1;. The molecular formula is C23H52N+. The lowest BCUT2D eigenvalue weighted by Gasteiger charge is -2.23. The van der Waals surface area contributed by atoms with Gasteiger partial charge in [-0.25, -0.2) is 0 Å². The van der Waals surface area contributed by atoms with Crippen LogP contribution in [0.3, 0.4) is 0 Å². The molecule has 0 aliphatic carbocycles. The van der Waals surface area contributed by atoms with Crippen molar-refractivity contribution in [2.45, 2.75) is 124 Å². The molecule has 0 unspecified atom stereocenters. The molecule has 0 N–H and O–H groups in total. The molecule has 0 aromatic rings. The van der Waals surface area contributed by atoms with E-state index in [1.165, 1.54) is 109 Å². The van der Waals surface area contributed by atoms with E-state index in [1.54, 1.807) is 0 Å². The first-order valence-corrected chi connectivity index (χ1v) is 11.3. The number of hydrogen-bond donors (Lipinski definition) is 0. The highest BCUT2D eigenvalue weighted by Gasteiger charge is 2.04. The van der Waals surface area contributed by atoms with Crippen molar-refractivity contribution >= 4 is 0 Å². The molecule has 0 atom stereocenters. The highest BCUT2D eigenvalue weighted by atomic mass is 15.3. The van der Waals surface area contributed by atoms with Gasteiger partial charge >= 0.3 is 0 Å². The van der Waals surface area contributed by atoms with Crippen molar-refractivity contribution in [2.75, 3.05) is 27.7 Å². The highest BCUT2D eigenvalue weighted by molar-refractivity contribution is 4.47. The second kappa shape index (κ2) is 21.0. The molecule has 0 heterocycles. The van der Waals surface area contributed by atoms with Crippen LogP contribution in [0.5, 0.6) is 0 Å². The molecule has 0 aromatic heterocycles. The van der Waals surface area contributed by atoms with Crippen LogP contribution in [-0.4, -0.2) is 32.2 Å². The predicted molar refractivity (Wildman–Crippen MR) is 114 cm³/mol. The minimum Gasteiger partial charge on any atom is -0.331 e. The van der Waals surface area contributed by atoms with Gasteiger partial charge in [0.2, 0.25) is 0 Å². The van der Waals surface area contributed by atoms with E-state index < -0.39 is 0 Å². The minimum atomic E-state index is 1.12. The summed E-state index contributed by atoms with van der Waals surface area (Å²) in [5.74, 6) is 0. The molecule has 0 aliphatic heterocycles.